The summed E-state index contributed by atoms with van der Waals surface area (Å²) in [6, 6.07) is 12.7. The van der Waals surface area contributed by atoms with Gasteiger partial charge in [-0.3, -0.25) is 0 Å². The van der Waals surface area contributed by atoms with Crippen molar-refractivity contribution >= 4 is 15.9 Å². The summed E-state index contributed by atoms with van der Waals surface area (Å²) < 4.78 is 20.1. The highest BCUT2D eigenvalue weighted by Gasteiger charge is 2.14. The van der Waals surface area contributed by atoms with E-state index in [0.29, 0.717) is 0 Å². The summed E-state index contributed by atoms with van der Waals surface area (Å²) in [5, 5.41) is 3.23. The van der Waals surface area contributed by atoms with Crippen LogP contribution in [0.5, 0.6) is 5.75 Å². The van der Waals surface area contributed by atoms with Gasteiger partial charge in [-0.2, -0.15) is 0 Å². The molecule has 2 nitrogen and oxygen atoms in total. The zero-order valence-corrected chi connectivity index (χ0v) is 13.9. The molecule has 2 aromatic rings. The Balaban J connectivity index is 2.36. The topological polar surface area (TPSA) is 21.3 Å². The number of rotatable bonds is 5. The van der Waals surface area contributed by atoms with Gasteiger partial charge in [-0.15, -0.1) is 0 Å². The van der Waals surface area contributed by atoms with Crippen LogP contribution in [0.2, 0.25) is 0 Å². The smallest absolute Gasteiger partial charge is 0.124 e. The van der Waals surface area contributed by atoms with Gasteiger partial charge in [-0.1, -0.05) is 28.1 Å². The van der Waals surface area contributed by atoms with Gasteiger partial charge in [0.1, 0.15) is 11.6 Å². The molecule has 0 aliphatic heterocycles. The first-order chi connectivity index (χ1) is 9.99. The van der Waals surface area contributed by atoms with E-state index in [0.717, 1.165) is 21.3 Å². The molecular weight excluding hydrogens is 333 g/mol. The maximum absolute atomic E-state index is 13.6. The molecule has 0 radical (unpaired) electrons. The second-order valence-corrected chi connectivity index (χ2v) is 6.08. The van der Waals surface area contributed by atoms with E-state index >= 15 is 0 Å². The van der Waals surface area contributed by atoms with E-state index in [-0.39, 0.29) is 18.0 Å². The van der Waals surface area contributed by atoms with Crippen LogP contribution in [0.25, 0.3) is 0 Å². The van der Waals surface area contributed by atoms with Crippen molar-refractivity contribution in [1.82, 2.24) is 5.32 Å². The Morgan fingerprint density at radius 2 is 1.86 bits per heavy atom. The Morgan fingerprint density at radius 3 is 2.48 bits per heavy atom. The van der Waals surface area contributed by atoms with Gasteiger partial charge in [-0.05, 0) is 62.4 Å². The average molecular weight is 352 g/mol. The van der Waals surface area contributed by atoms with Crippen LogP contribution in [0.4, 0.5) is 4.39 Å². The van der Waals surface area contributed by atoms with Crippen LogP contribution in [-0.4, -0.2) is 13.2 Å². The number of nitrogens with one attached hydrogen (secondary N) is 1. The van der Waals surface area contributed by atoms with Crippen molar-refractivity contribution < 1.29 is 9.13 Å². The molecule has 0 aliphatic rings. The molecule has 0 bridgehead atoms. The third kappa shape index (κ3) is 4.29. The molecule has 1 N–H and O–H groups in total. The second kappa shape index (κ2) is 7.05. The van der Waals surface area contributed by atoms with E-state index in [9.17, 15) is 4.39 Å². The molecule has 0 spiro atoms. The number of hydrogen-bond acceptors (Lipinski definition) is 2. The first kappa shape index (κ1) is 16.0. The minimum absolute atomic E-state index is 0.0901. The van der Waals surface area contributed by atoms with Crippen LogP contribution in [0.1, 0.15) is 31.0 Å². The van der Waals surface area contributed by atoms with Crippen molar-refractivity contribution in [3.05, 3.63) is 63.9 Å². The summed E-state index contributed by atoms with van der Waals surface area (Å²) in [4.78, 5) is 0. The molecule has 0 saturated carbocycles. The van der Waals surface area contributed by atoms with Gasteiger partial charge < -0.3 is 10.1 Å². The number of halogens is 2. The van der Waals surface area contributed by atoms with E-state index in [1.807, 2.05) is 51.2 Å². The first-order valence-electron chi connectivity index (χ1n) is 6.89. The quantitative estimate of drug-likeness (QED) is 0.843. The van der Waals surface area contributed by atoms with E-state index in [4.69, 9.17) is 4.74 Å². The highest BCUT2D eigenvalue weighted by molar-refractivity contribution is 9.10. The SMILES string of the molecule is CNC(c1cc(F)cc(Br)c1)c1cccc(OC(C)C)c1. The lowest BCUT2D eigenvalue weighted by Gasteiger charge is -2.19. The van der Waals surface area contributed by atoms with Gasteiger partial charge in [0, 0.05) is 4.47 Å². The summed E-state index contributed by atoms with van der Waals surface area (Å²) in [5.74, 6) is 0.562. The van der Waals surface area contributed by atoms with Crippen molar-refractivity contribution in [3.8, 4) is 5.75 Å². The molecule has 21 heavy (non-hydrogen) atoms. The Bertz CT molecular complexity index is 595. The molecule has 112 valence electrons. The van der Waals surface area contributed by atoms with Crippen molar-refractivity contribution in [3.63, 3.8) is 0 Å². The molecule has 2 aromatic carbocycles. The molecule has 0 heterocycles. The number of hydrogen-bond donors (Lipinski definition) is 1. The fourth-order valence-electron chi connectivity index (χ4n) is 2.31. The van der Waals surface area contributed by atoms with E-state index in [1.54, 1.807) is 6.07 Å². The highest BCUT2D eigenvalue weighted by atomic mass is 79.9. The predicted molar refractivity (Wildman–Crippen MR) is 87.2 cm³/mol. The lowest BCUT2D eigenvalue weighted by molar-refractivity contribution is 0.242. The molecule has 1 atom stereocenters. The first-order valence-corrected chi connectivity index (χ1v) is 7.68. The summed E-state index contributed by atoms with van der Waals surface area (Å²) in [7, 11) is 1.86. The molecule has 1 unspecified atom stereocenters. The monoisotopic (exact) mass is 351 g/mol. The Morgan fingerprint density at radius 1 is 1.10 bits per heavy atom. The van der Waals surface area contributed by atoms with E-state index in [1.165, 1.54) is 6.07 Å². The van der Waals surface area contributed by atoms with Gasteiger partial charge in [-0.25, -0.2) is 4.39 Å². The number of benzene rings is 2. The van der Waals surface area contributed by atoms with Crippen LogP contribution in [0.3, 0.4) is 0 Å². The van der Waals surface area contributed by atoms with Gasteiger partial charge >= 0.3 is 0 Å². The standard InChI is InChI=1S/C17H19BrFNO/c1-11(2)21-16-6-4-5-12(9-16)17(20-3)13-7-14(18)10-15(19)8-13/h4-11,17,20H,1-3H3. The molecule has 2 rings (SSSR count). The van der Waals surface area contributed by atoms with Crippen LogP contribution < -0.4 is 10.1 Å². The van der Waals surface area contributed by atoms with E-state index in [2.05, 4.69) is 21.2 Å². The molecule has 0 aliphatic carbocycles. The third-order valence-electron chi connectivity index (χ3n) is 3.07. The number of ether oxygens (including phenoxy) is 1. The van der Waals surface area contributed by atoms with Crippen molar-refractivity contribution in [1.29, 1.82) is 0 Å². The maximum Gasteiger partial charge on any atom is 0.124 e. The Hall–Kier alpha value is -1.39. The van der Waals surface area contributed by atoms with Crippen LogP contribution in [0, 0.1) is 5.82 Å². The minimum atomic E-state index is -0.255. The summed E-state index contributed by atoms with van der Waals surface area (Å²) in [5.41, 5.74) is 1.90. The molecular formula is C17H19BrFNO. The molecule has 0 aromatic heterocycles. The van der Waals surface area contributed by atoms with Crippen molar-refractivity contribution in [2.45, 2.75) is 26.0 Å². The second-order valence-electron chi connectivity index (χ2n) is 5.16. The lowest BCUT2D eigenvalue weighted by atomic mass is 9.98. The normalized spacial score (nSPS) is 12.5. The molecule has 0 saturated heterocycles. The maximum atomic E-state index is 13.6. The zero-order chi connectivity index (χ0) is 15.4. The van der Waals surface area contributed by atoms with Crippen LogP contribution in [0.15, 0.2) is 46.9 Å². The van der Waals surface area contributed by atoms with E-state index < -0.39 is 0 Å². The van der Waals surface area contributed by atoms with Crippen LogP contribution >= 0.6 is 15.9 Å². The predicted octanol–water partition coefficient (Wildman–Crippen LogP) is 4.68. The molecule has 0 amide bonds. The summed E-state index contributed by atoms with van der Waals surface area (Å²) in [6.07, 6.45) is 0.122. The largest absolute Gasteiger partial charge is 0.491 e. The van der Waals surface area contributed by atoms with Crippen molar-refractivity contribution in [2.24, 2.45) is 0 Å². The van der Waals surface area contributed by atoms with Gasteiger partial charge in [0.15, 0.2) is 0 Å². The summed E-state index contributed by atoms with van der Waals surface area (Å²) >= 11 is 3.34. The van der Waals surface area contributed by atoms with Gasteiger partial charge in [0.2, 0.25) is 0 Å². The average Bonchev–Trinajstić information content (AvgIpc) is 2.38. The molecule has 4 heteroatoms. The lowest BCUT2D eigenvalue weighted by Crippen LogP contribution is -2.18. The minimum Gasteiger partial charge on any atom is -0.491 e. The fourth-order valence-corrected chi connectivity index (χ4v) is 2.79. The van der Waals surface area contributed by atoms with Crippen molar-refractivity contribution in [2.75, 3.05) is 7.05 Å². The van der Waals surface area contributed by atoms with Gasteiger partial charge in [0.25, 0.3) is 0 Å². The highest BCUT2D eigenvalue weighted by Crippen LogP contribution is 2.28. The van der Waals surface area contributed by atoms with Crippen LogP contribution in [-0.2, 0) is 0 Å². The van der Waals surface area contributed by atoms with Gasteiger partial charge in [0.05, 0.1) is 12.1 Å². The third-order valence-corrected chi connectivity index (χ3v) is 3.53. The Kier molecular flexibility index (Phi) is 5.37. The summed E-state index contributed by atoms with van der Waals surface area (Å²) in [6.45, 7) is 3.98. The fraction of sp³-hybridized carbons (Fsp3) is 0.294. The molecule has 0 fully saturated rings. The zero-order valence-electron chi connectivity index (χ0n) is 12.4. The Labute approximate surface area is 133 Å².